The zero-order valence-electron chi connectivity index (χ0n) is 9.85. The van der Waals surface area contributed by atoms with Crippen LogP contribution in [-0.4, -0.2) is 34.1 Å². The van der Waals surface area contributed by atoms with Gasteiger partial charge < -0.3 is 9.47 Å². The summed E-state index contributed by atoms with van der Waals surface area (Å²) in [6.07, 6.45) is 8.60. The zero-order chi connectivity index (χ0) is 11.2. The van der Waals surface area contributed by atoms with Gasteiger partial charge in [0.15, 0.2) is 0 Å². The fourth-order valence-corrected chi connectivity index (χ4v) is 2.37. The molecular formula is C13H17N3. The molecule has 0 aromatic carbocycles. The minimum absolute atomic E-state index is 0.391. The van der Waals surface area contributed by atoms with Gasteiger partial charge in [-0.15, -0.1) is 0 Å². The summed E-state index contributed by atoms with van der Waals surface area (Å²) in [6, 6.07) is 4.24. The molecule has 0 saturated heterocycles. The number of likely N-dealkylation sites (N-methyl/N-ethyl adjacent to an activating group) is 1. The van der Waals surface area contributed by atoms with Crippen molar-refractivity contribution in [3.05, 3.63) is 30.7 Å². The van der Waals surface area contributed by atoms with Gasteiger partial charge in [-0.2, -0.15) is 0 Å². The smallest absolute Gasteiger partial charge is 0.0667 e. The Labute approximate surface area is 95.7 Å². The van der Waals surface area contributed by atoms with Gasteiger partial charge in [0.2, 0.25) is 0 Å². The number of pyridine rings is 1. The average Bonchev–Trinajstić information content (AvgIpc) is 2.96. The summed E-state index contributed by atoms with van der Waals surface area (Å²) >= 11 is 0. The summed E-state index contributed by atoms with van der Waals surface area (Å²) in [7, 11) is 4.36. The molecular weight excluding hydrogens is 198 g/mol. The number of hydrogen-bond donors (Lipinski definition) is 0. The molecule has 84 valence electrons. The van der Waals surface area contributed by atoms with Gasteiger partial charge in [0.1, 0.15) is 0 Å². The molecule has 0 spiro atoms. The summed E-state index contributed by atoms with van der Waals surface area (Å²) in [6.45, 7) is 1.08. The Hall–Kier alpha value is -1.35. The van der Waals surface area contributed by atoms with Gasteiger partial charge in [-0.05, 0) is 39.1 Å². The number of rotatable bonds is 3. The number of fused-ring (bicyclic) bond motifs is 1. The maximum atomic E-state index is 4.21. The van der Waals surface area contributed by atoms with Crippen LogP contribution in [-0.2, 0) is 6.54 Å². The van der Waals surface area contributed by atoms with E-state index in [-0.39, 0.29) is 0 Å². The fraction of sp³-hybridized carbons (Fsp3) is 0.462. The van der Waals surface area contributed by atoms with Crippen molar-refractivity contribution in [2.45, 2.75) is 24.9 Å². The highest BCUT2D eigenvalue weighted by atomic mass is 15.2. The maximum absolute atomic E-state index is 4.21. The molecule has 3 rings (SSSR count). The summed E-state index contributed by atoms with van der Waals surface area (Å²) in [5, 5.41) is 1.28. The van der Waals surface area contributed by atoms with Crippen molar-refractivity contribution in [3.8, 4) is 0 Å². The molecule has 0 aliphatic heterocycles. The molecule has 0 radical (unpaired) electrons. The summed E-state index contributed by atoms with van der Waals surface area (Å²) in [5.74, 6) is 0. The third kappa shape index (κ3) is 1.43. The molecule has 0 amide bonds. The quantitative estimate of drug-likeness (QED) is 0.782. The van der Waals surface area contributed by atoms with E-state index in [1.54, 1.807) is 0 Å². The van der Waals surface area contributed by atoms with Crippen molar-refractivity contribution < 1.29 is 0 Å². The predicted octanol–water partition coefficient (Wildman–Crippen LogP) is 2.13. The van der Waals surface area contributed by atoms with Gasteiger partial charge >= 0.3 is 0 Å². The van der Waals surface area contributed by atoms with Gasteiger partial charge in [0, 0.05) is 29.9 Å². The van der Waals surface area contributed by atoms with Crippen molar-refractivity contribution >= 4 is 10.9 Å². The van der Waals surface area contributed by atoms with E-state index in [0.717, 1.165) is 6.54 Å². The highest BCUT2D eigenvalue weighted by Crippen LogP contribution is 2.42. The van der Waals surface area contributed by atoms with Crippen molar-refractivity contribution in [1.29, 1.82) is 0 Å². The molecule has 1 fully saturated rings. The van der Waals surface area contributed by atoms with Gasteiger partial charge in [0.05, 0.1) is 11.7 Å². The fourth-order valence-electron chi connectivity index (χ4n) is 2.37. The SMILES string of the molecule is CN(C)C1(Cn2ccc3ccncc32)CC1. The topological polar surface area (TPSA) is 21.1 Å². The molecule has 0 N–H and O–H groups in total. The lowest BCUT2D eigenvalue weighted by Crippen LogP contribution is -2.34. The number of nitrogens with zero attached hydrogens (tertiary/aromatic N) is 3. The van der Waals surface area contributed by atoms with E-state index in [4.69, 9.17) is 0 Å². The van der Waals surface area contributed by atoms with Crippen LogP contribution in [0.3, 0.4) is 0 Å². The lowest BCUT2D eigenvalue weighted by molar-refractivity contribution is 0.244. The normalized spacial score (nSPS) is 18.2. The molecule has 3 heteroatoms. The Balaban J connectivity index is 1.95. The second kappa shape index (κ2) is 3.32. The Morgan fingerprint density at radius 3 is 2.88 bits per heavy atom. The van der Waals surface area contributed by atoms with E-state index >= 15 is 0 Å². The highest BCUT2D eigenvalue weighted by Gasteiger charge is 2.45. The zero-order valence-corrected chi connectivity index (χ0v) is 9.85. The lowest BCUT2D eigenvalue weighted by Gasteiger charge is -2.24. The maximum Gasteiger partial charge on any atom is 0.0667 e. The third-order valence-corrected chi connectivity index (χ3v) is 3.82. The first kappa shape index (κ1) is 9.85. The minimum Gasteiger partial charge on any atom is -0.344 e. The van der Waals surface area contributed by atoms with Gasteiger partial charge in [-0.1, -0.05) is 0 Å². The number of aromatic nitrogens is 2. The molecule has 2 aromatic rings. The Morgan fingerprint density at radius 2 is 2.19 bits per heavy atom. The van der Waals surface area contributed by atoms with Crippen LogP contribution in [0.25, 0.3) is 10.9 Å². The summed E-state index contributed by atoms with van der Waals surface area (Å²) in [5.41, 5.74) is 1.64. The van der Waals surface area contributed by atoms with E-state index in [9.17, 15) is 0 Å². The molecule has 3 nitrogen and oxygen atoms in total. The highest BCUT2D eigenvalue weighted by molar-refractivity contribution is 5.78. The van der Waals surface area contributed by atoms with E-state index < -0.39 is 0 Å². The van der Waals surface area contributed by atoms with Crippen LogP contribution in [0.2, 0.25) is 0 Å². The molecule has 0 unspecified atom stereocenters. The van der Waals surface area contributed by atoms with E-state index in [1.165, 1.54) is 23.7 Å². The third-order valence-electron chi connectivity index (χ3n) is 3.82. The molecule has 0 atom stereocenters. The monoisotopic (exact) mass is 215 g/mol. The lowest BCUT2D eigenvalue weighted by atomic mass is 10.2. The molecule has 16 heavy (non-hydrogen) atoms. The largest absolute Gasteiger partial charge is 0.344 e. The molecule has 1 aliphatic rings. The predicted molar refractivity (Wildman–Crippen MR) is 65.4 cm³/mol. The van der Waals surface area contributed by atoms with E-state index in [0.29, 0.717) is 5.54 Å². The van der Waals surface area contributed by atoms with Crippen molar-refractivity contribution in [2.24, 2.45) is 0 Å². The molecule has 0 bridgehead atoms. The second-order valence-electron chi connectivity index (χ2n) is 5.00. The first-order valence-electron chi connectivity index (χ1n) is 5.78. The van der Waals surface area contributed by atoms with Gasteiger partial charge in [-0.3, -0.25) is 4.98 Å². The molecule has 1 saturated carbocycles. The van der Waals surface area contributed by atoms with Crippen molar-refractivity contribution in [1.82, 2.24) is 14.5 Å². The molecule has 2 heterocycles. The first-order chi connectivity index (χ1) is 7.71. The van der Waals surface area contributed by atoms with Gasteiger partial charge in [-0.25, -0.2) is 0 Å². The Morgan fingerprint density at radius 1 is 1.38 bits per heavy atom. The van der Waals surface area contributed by atoms with E-state index in [1.807, 2.05) is 12.4 Å². The first-order valence-corrected chi connectivity index (χ1v) is 5.78. The standard InChI is InChI=1S/C13H17N3/c1-15(2)13(5-6-13)10-16-8-4-11-3-7-14-9-12(11)16/h3-4,7-9H,5-6,10H2,1-2H3. The van der Waals surface area contributed by atoms with Crippen molar-refractivity contribution in [3.63, 3.8) is 0 Å². The summed E-state index contributed by atoms with van der Waals surface area (Å²) in [4.78, 5) is 6.56. The Bertz CT molecular complexity index is 509. The van der Waals surface area contributed by atoms with E-state index in [2.05, 4.69) is 46.9 Å². The van der Waals surface area contributed by atoms with Gasteiger partial charge in [0.25, 0.3) is 0 Å². The number of hydrogen-bond acceptors (Lipinski definition) is 2. The van der Waals surface area contributed by atoms with Crippen LogP contribution < -0.4 is 0 Å². The van der Waals surface area contributed by atoms with Crippen molar-refractivity contribution in [2.75, 3.05) is 14.1 Å². The van der Waals surface area contributed by atoms with Crippen LogP contribution in [0.15, 0.2) is 30.7 Å². The minimum atomic E-state index is 0.391. The van der Waals surface area contributed by atoms with Crippen LogP contribution >= 0.6 is 0 Å². The van der Waals surface area contributed by atoms with Crippen LogP contribution in [0, 0.1) is 0 Å². The Kier molecular flexibility index (Phi) is 2.04. The second-order valence-corrected chi connectivity index (χ2v) is 5.00. The van der Waals surface area contributed by atoms with Crippen LogP contribution in [0.4, 0.5) is 0 Å². The molecule has 2 aromatic heterocycles. The van der Waals surface area contributed by atoms with Crippen LogP contribution in [0.1, 0.15) is 12.8 Å². The molecule has 1 aliphatic carbocycles. The average molecular weight is 215 g/mol. The van der Waals surface area contributed by atoms with Crippen LogP contribution in [0.5, 0.6) is 0 Å². The summed E-state index contributed by atoms with van der Waals surface area (Å²) < 4.78 is 2.33.